The van der Waals surface area contributed by atoms with Crippen molar-refractivity contribution in [1.29, 1.82) is 0 Å². The lowest BCUT2D eigenvalue weighted by Gasteiger charge is -2.29. The summed E-state index contributed by atoms with van der Waals surface area (Å²) in [6, 6.07) is 19.4. The zero-order chi connectivity index (χ0) is 25.0. The molecule has 2 unspecified atom stereocenters. The van der Waals surface area contributed by atoms with Crippen molar-refractivity contribution in [3.05, 3.63) is 71.8 Å². The van der Waals surface area contributed by atoms with E-state index in [2.05, 4.69) is 6.92 Å². The fourth-order valence-electron chi connectivity index (χ4n) is 6.27. The summed E-state index contributed by atoms with van der Waals surface area (Å²) in [6.45, 7) is 8.56. The number of unbranched alkanes of at least 4 members (excludes halogenated alkanes) is 1. The van der Waals surface area contributed by atoms with Crippen molar-refractivity contribution in [2.75, 3.05) is 6.54 Å². The smallest absolute Gasteiger partial charge is 0.291 e. The minimum Gasteiger partial charge on any atom is -0.331 e. The van der Waals surface area contributed by atoms with Gasteiger partial charge in [0.2, 0.25) is 5.78 Å². The van der Waals surface area contributed by atoms with E-state index in [0.29, 0.717) is 13.0 Å². The van der Waals surface area contributed by atoms with Crippen LogP contribution in [0, 0.1) is 10.8 Å². The Balaban J connectivity index is 1.64. The van der Waals surface area contributed by atoms with Crippen LogP contribution in [0.4, 0.5) is 0 Å². The van der Waals surface area contributed by atoms with Gasteiger partial charge < -0.3 is 4.90 Å². The predicted molar refractivity (Wildman–Crippen MR) is 134 cm³/mol. The first-order valence-corrected chi connectivity index (χ1v) is 12.5. The van der Waals surface area contributed by atoms with E-state index in [1.165, 1.54) is 0 Å². The standard InChI is InChI=1S/C29H33N3O3/c1-5-6-17-22-29(26(35)32(30-22)27(2,3)4)23(21-15-11-8-12-16-21)28(29)19-31(25(34)24(28)33)18-20-13-9-7-10-14-20/h7-16,23H,5-6,17-19H2,1-4H3/t23-,28?,29?/m0/s1. The van der Waals surface area contributed by atoms with Gasteiger partial charge in [-0.05, 0) is 44.7 Å². The maximum absolute atomic E-state index is 14.3. The number of likely N-dealkylation sites (tertiary alicyclic amines) is 1. The number of carbonyl (C=O) groups is 3. The average molecular weight is 472 g/mol. The topological polar surface area (TPSA) is 70.1 Å². The molecule has 35 heavy (non-hydrogen) atoms. The van der Waals surface area contributed by atoms with Crippen LogP contribution in [-0.2, 0) is 20.9 Å². The Hall–Kier alpha value is -3.28. The second-order valence-corrected chi connectivity index (χ2v) is 11.0. The van der Waals surface area contributed by atoms with Crippen LogP contribution in [0.15, 0.2) is 65.8 Å². The number of fused-ring (bicyclic) bond motifs is 1. The summed E-state index contributed by atoms with van der Waals surface area (Å²) in [5, 5.41) is 6.44. The van der Waals surface area contributed by atoms with Gasteiger partial charge in [-0.1, -0.05) is 74.0 Å². The molecule has 2 aromatic rings. The summed E-state index contributed by atoms with van der Waals surface area (Å²) in [5.74, 6) is -1.49. The van der Waals surface area contributed by atoms with Crippen molar-refractivity contribution in [3.63, 3.8) is 0 Å². The first-order chi connectivity index (χ1) is 16.7. The molecule has 2 spiro atoms. The molecular formula is C29H33N3O3. The third kappa shape index (κ3) is 3.22. The molecule has 1 aliphatic carbocycles. The number of Topliss-reactive ketones (excluding diaryl/α,β-unsaturated/α-hetero) is 1. The summed E-state index contributed by atoms with van der Waals surface area (Å²) in [7, 11) is 0. The fourth-order valence-corrected chi connectivity index (χ4v) is 6.27. The Morgan fingerprint density at radius 1 is 0.971 bits per heavy atom. The van der Waals surface area contributed by atoms with Gasteiger partial charge in [0.25, 0.3) is 11.8 Å². The maximum Gasteiger partial charge on any atom is 0.291 e. The normalized spacial score (nSPS) is 27.9. The van der Waals surface area contributed by atoms with Crippen molar-refractivity contribution in [3.8, 4) is 0 Å². The number of carbonyl (C=O) groups excluding carboxylic acids is 3. The molecule has 2 aromatic carbocycles. The lowest BCUT2D eigenvalue weighted by molar-refractivity contribution is -0.143. The molecule has 2 heterocycles. The molecule has 0 aromatic heterocycles. The largest absolute Gasteiger partial charge is 0.331 e. The van der Waals surface area contributed by atoms with Crippen LogP contribution in [0.1, 0.15) is 64.0 Å². The third-order valence-corrected chi connectivity index (χ3v) is 7.83. The van der Waals surface area contributed by atoms with Crippen LogP contribution < -0.4 is 0 Å². The van der Waals surface area contributed by atoms with Crippen molar-refractivity contribution < 1.29 is 14.4 Å². The van der Waals surface area contributed by atoms with E-state index < -0.39 is 34.0 Å². The number of rotatable bonds is 6. The lowest BCUT2D eigenvalue weighted by atomic mass is 9.84. The molecule has 2 fully saturated rings. The van der Waals surface area contributed by atoms with Gasteiger partial charge in [0.05, 0.1) is 16.7 Å². The van der Waals surface area contributed by atoms with Crippen molar-refractivity contribution >= 4 is 23.3 Å². The van der Waals surface area contributed by atoms with Gasteiger partial charge in [-0.3, -0.25) is 14.4 Å². The molecule has 0 bridgehead atoms. The zero-order valence-corrected chi connectivity index (χ0v) is 21.0. The van der Waals surface area contributed by atoms with E-state index in [-0.39, 0.29) is 12.5 Å². The maximum atomic E-state index is 14.3. The van der Waals surface area contributed by atoms with Gasteiger partial charge in [0.15, 0.2) is 0 Å². The molecule has 3 aliphatic rings. The number of hydrogen-bond donors (Lipinski definition) is 0. The molecule has 182 valence electrons. The SMILES string of the molecule is CCCCC1=NN(C(C)(C)C)C(=O)C12[C@@H](c1ccccc1)C21CN(Cc2ccccc2)C(=O)C1=O. The predicted octanol–water partition coefficient (Wildman–Crippen LogP) is 4.56. The van der Waals surface area contributed by atoms with E-state index in [9.17, 15) is 14.4 Å². The molecule has 2 amide bonds. The summed E-state index contributed by atoms with van der Waals surface area (Å²) in [4.78, 5) is 43.3. The van der Waals surface area contributed by atoms with Gasteiger partial charge >= 0.3 is 0 Å². The number of amides is 2. The Bertz CT molecular complexity index is 1200. The molecule has 2 aliphatic heterocycles. The van der Waals surface area contributed by atoms with E-state index in [1.54, 1.807) is 9.91 Å². The molecule has 1 saturated heterocycles. The van der Waals surface area contributed by atoms with Gasteiger partial charge in [0, 0.05) is 19.0 Å². The van der Waals surface area contributed by atoms with Crippen LogP contribution in [0.25, 0.3) is 0 Å². The van der Waals surface area contributed by atoms with Gasteiger partial charge in [-0.25, -0.2) is 5.01 Å². The summed E-state index contributed by atoms with van der Waals surface area (Å²) < 4.78 is 0. The second-order valence-electron chi connectivity index (χ2n) is 11.0. The first-order valence-electron chi connectivity index (χ1n) is 12.5. The van der Waals surface area contributed by atoms with E-state index in [1.807, 2.05) is 81.4 Å². The lowest BCUT2D eigenvalue weighted by Crippen LogP contribution is -2.44. The molecule has 5 rings (SSSR count). The molecule has 6 heteroatoms. The average Bonchev–Trinajstić information content (AvgIpc) is 3.23. The Kier molecular flexibility index (Phi) is 5.46. The number of benzene rings is 2. The monoisotopic (exact) mass is 471 g/mol. The first kappa shape index (κ1) is 23.5. The molecule has 3 atom stereocenters. The van der Waals surface area contributed by atoms with Gasteiger partial charge in [-0.15, -0.1) is 0 Å². The fraction of sp³-hybridized carbons (Fsp3) is 0.448. The zero-order valence-electron chi connectivity index (χ0n) is 21.0. The van der Waals surface area contributed by atoms with Crippen molar-refractivity contribution in [2.45, 2.75) is 65.0 Å². The summed E-state index contributed by atoms with van der Waals surface area (Å²) in [6.07, 6.45) is 2.47. The highest BCUT2D eigenvalue weighted by Crippen LogP contribution is 2.79. The highest BCUT2D eigenvalue weighted by molar-refractivity contribution is 6.45. The summed E-state index contributed by atoms with van der Waals surface area (Å²) in [5.41, 5.74) is -0.109. The van der Waals surface area contributed by atoms with Crippen molar-refractivity contribution in [1.82, 2.24) is 9.91 Å². The highest BCUT2D eigenvalue weighted by atomic mass is 16.2. The van der Waals surface area contributed by atoms with Crippen LogP contribution in [0.2, 0.25) is 0 Å². The summed E-state index contributed by atoms with van der Waals surface area (Å²) >= 11 is 0. The molecule has 0 N–H and O–H groups in total. The number of hydrogen-bond acceptors (Lipinski definition) is 4. The Labute approximate surface area is 207 Å². The van der Waals surface area contributed by atoms with E-state index in [4.69, 9.17) is 5.10 Å². The minimum absolute atomic E-state index is 0.146. The van der Waals surface area contributed by atoms with Crippen LogP contribution in [-0.4, -0.2) is 45.3 Å². The van der Waals surface area contributed by atoms with Crippen LogP contribution in [0.3, 0.4) is 0 Å². The Morgan fingerprint density at radius 3 is 2.20 bits per heavy atom. The van der Waals surface area contributed by atoms with Crippen LogP contribution >= 0.6 is 0 Å². The molecular weight excluding hydrogens is 438 g/mol. The van der Waals surface area contributed by atoms with Gasteiger partial charge in [0.1, 0.15) is 5.41 Å². The second kappa shape index (κ2) is 8.14. The van der Waals surface area contributed by atoms with Crippen molar-refractivity contribution in [2.24, 2.45) is 15.9 Å². The molecule has 0 radical (unpaired) electrons. The van der Waals surface area contributed by atoms with Crippen LogP contribution in [0.5, 0.6) is 0 Å². The van der Waals surface area contributed by atoms with E-state index in [0.717, 1.165) is 29.7 Å². The quantitative estimate of drug-likeness (QED) is 0.580. The Morgan fingerprint density at radius 2 is 1.60 bits per heavy atom. The minimum atomic E-state index is -1.12. The molecule has 1 saturated carbocycles. The highest BCUT2D eigenvalue weighted by Gasteiger charge is 2.90. The number of nitrogens with zero attached hydrogens (tertiary/aromatic N) is 3. The van der Waals surface area contributed by atoms with E-state index >= 15 is 0 Å². The number of ketones is 1. The molecule has 6 nitrogen and oxygen atoms in total. The third-order valence-electron chi connectivity index (χ3n) is 7.83. The van der Waals surface area contributed by atoms with Gasteiger partial charge in [-0.2, -0.15) is 5.10 Å². The number of hydrazone groups is 1.